The van der Waals surface area contributed by atoms with Crippen LogP contribution in [0, 0.1) is 0 Å². The zero-order valence-electron chi connectivity index (χ0n) is 12.0. The average Bonchev–Trinajstić information content (AvgIpc) is 2.48. The van der Waals surface area contributed by atoms with Crippen LogP contribution in [-0.2, 0) is 11.2 Å². The smallest absolute Gasteiger partial charge is 0.223 e. The normalized spacial score (nSPS) is 17.3. The second kappa shape index (κ2) is 6.71. The maximum atomic E-state index is 12.2. The fraction of sp³-hybridized carbons (Fsp3) is 0.562. The lowest BCUT2D eigenvalue weighted by Gasteiger charge is -2.28. The van der Waals surface area contributed by atoms with Crippen molar-refractivity contribution in [2.24, 2.45) is 0 Å². The number of hydrogen-bond acceptors (Lipinski definition) is 2. The van der Waals surface area contributed by atoms with Crippen LogP contribution in [0.3, 0.4) is 0 Å². The van der Waals surface area contributed by atoms with Crippen LogP contribution in [0.4, 0.5) is 0 Å². The van der Waals surface area contributed by atoms with Crippen molar-refractivity contribution >= 4 is 5.91 Å². The van der Waals surface area contributed by atoms with Crippen LogP contribution in [0.2, 0.25) is 0 Å². The van der Waals surface area contributed by atoms with Gasteiger partial charge in [-0.15, -0.1) is 0 Å². The molecule has 1 aliphatic rings. The van der Waals surface area contributed by atoms with Crippen LogP contribution >= 0.6 is 0 Å². The SMILES string of the molecule is CCc1ccc(C(C)CC(=O)N2CCNCC2)cc1. The van der Waals surface area contributed by atoms with Crippen LogP contribution in [0.15, 0.2) is 24.3 Å². The third kappa shape index (κ3) is 3.80. The molecular formula is C16H24N2O. The number of carbonyl (C=O) groups is 1. The van der Waals surface area contributed by atoms with Crippen molar-refractivity contribution in [3.63, 3.8) is 0 Å². The second-order valence-corrected chi connectivity index (χ2v) is 5.33. The third-order valence-corrected chi connectivity index (χ3v) is 3.91. The predicted octanol–water partition coefficient (Wildman–Crippen LogP) is 2.17. The molecule has 1 unspecified atom stereocenters. The first kappa shape index (κ1) is 14.1. The first-order valence-corrected chi connectivity index (χ1v) is 7.28. The molecule has 0 aromatic heterocycles. The van der Waals surface area contributed by atoms with Gasteiger partial charge < -0.3 is 10.2 Å². The molecule has 1 atom stereocenters. The summed E-state index contributed by atoms with van der Waals surface area (Å²) in [5, 5.41) is 3.27. The van der Waals surface area contributed by atoms with Crippen molar-refractivity contribution in [1.82, 2.24) is 10.2 Å². The maximum Gasteiger partial charge on any atom is 0.223 e. The highest BCUT2D eigenvalue weighted by Crippen LogP contribution is 2.20. The Morgan fingerprint density at radius 1 is 1.26 bits per heavy atom. The van der Waals surface area contributed by atoms with Crippen LogP contribution in [-0.4, -0.2) is 37.0 Å². The van der Waals surface area contributed by atoms with Gasteiger partial charge in [0.25, 0.3) is 0 Å². The molecule has 3 nitrogen and oxygen atoms in total. The molecule has 1 aromatic carbocycles. The predicted molar refractivity (Wildman–Crippen MR) is 78.3 cm³/mol. The number of benzene rings is 1. The van der Waals surface area contributed by atoms with Gasteiger partial charge in [-0.2, -0.15) is 0 Å². The molecule has 0 spiro atoms. The molecule has 1 amide bonds. The molecule has 1 N–H and O–H groups in total. The van der Waals surface area contributed by atoms with Crippen LogP contribution in [0.1, 0.15) is 37.3 Å². The lowest BCUT2D eigenvalue weighted by Crippen LogP contribution is -2.46. The van der Waals surface area contributed by atoms with Gasteiger partial charge in [0.2, 0.25) is 5.91 Å². The Hall–Kier alpha value is -1.35. The fourth-order valence-corrected chi connectivity index (χ4v) is 2.50. The summed E-state index contributed by atoms with van der Waals surface area (Å²) >= 11 is 0. The minimum absolute atomic E-state index is 0.286. The first-order chi connectivity index (χ1) is 9.20. The monoisotopic (exact) mass is 260 g/mol. The molecule has 104 valence electrons. The molecule has 1 aromatic rings. The largest absolute Gasteiger partial charge is 0.340 e. The summed E-state index contributed by atoms with van der Waals surface area (Å²) in [5.74, 6) is 0.585. The Morgan fingerprint density at radius 3 is 2.47 bits per heavy atom. The van der Waals surface area contributed by atoms with Gasteiger partial charge >= 0.3 is 0 Å². The Bertz CT molecular complexity index is 407. The van der Waals surface area contributed by atoms with E-state index in [0.29, 0.717) is 12.3 Å². The zero-order chi connectivity index (χ0) is 13.7. The number of rotatable bonds is 4. The van der Waals surface area contributed by atoms with Crippen molar-refractivity contribution in [2.75, 3.05) is 26.2 Å². The van der Waals surface area contributed by atoms with E-state index in [0.717, 1.165) is 32.6 Å². The molecule has 0 saturated carbocycles. The molecule has 3 heteroatoms. The molecule has 1 fully saturated rings. The summed E-state index contributed by atoms with van der Waals surface area (Å²) in [6.45, 7) is 7.84. The first-order valence-electron chi connectivity index (χ1n) is 7.28. The molecule has 0 bridgehead atoms. The summed E-state index contributed by atoms with van der Waals surface area (Å²) in [5.41, 5.74) is 2.62. The summed E-state index contributed by atoms with van der Waals surface area (Å²) in [7, 11) is 0. The van der Waals surface area contributed by atoms with E-state index in [1.807, 2.05) is 4.90 Å². The van der Waals surface area contributed by atoms with E-state index >= 15 is 0 Å². The highest BCUT2D eigenvalue weighted by atomic mass is 16.2. The van der Waals surface area contributed by atoms with Crippen LogP contribution < -0.4 is 5.32 Å². The van der Waals surface area contributed by atoms with Gasteiger partial charge in [-0.3, -0.25) is 4.79 Å². The van der Waals surface area contributed by atoms with Gasteiger partial charge in [-0.05, 0) is 23.5 Å². The number of piperazine rings is 1. The number of hydrogen-bond donors (Lipinski definition) is 1. The molecule has 19 heavy (non-hydrogen) atoms. The summed E-state index contributed by atoms with van der Waals surface area (Å²) in [6.07, 6.45) is 1.68. The standard InChI is InChI=1S/C16H24N2O/c1-3-14-4-6-15(7-5-14)13(2)12-16(19)18-10-8-17-9-11-18/h4-7,13,17H,3,8-12H2,1-2H3. The number of amides is 1. The quantitative estimate of drug-likeness (QED) is 0.900. The summed E-state index contributed by atoms with van der Waals surface area (Å²) < 4.78 is 0. The second-order valence-electron chi connectivity index (χ2n) is 5.33. The average molecular weight is 260 g/mol. The molecule has 2 rings (SSSR count). The molecule has 0 radical (unpaired) electrons. The molecular weight excluding hydrogens is 236 g/mol. The van der Waals surface area contributed by atoms with Crippen LogP contribution in [0.5, 0.6) is 0 Å². The highest BCUT2D eigenvalue weighted by molar-refractivity contribution is 5.77. The summed E-state index contributed by atoms with van der Waals surface area (Å²) in [4.78, 5) is 14.2. The lowest BCUT2D eigenvalue weighted by atomic mass is 9.95. The minimum atomic E-state index is 0.286. The Morgan fingerprint density at radius 2 is 1.89 bits per heavy atom. The van der Waals surface area contributed by atoms with Crippen molar-refractivity contribution < 1.29 is 4.79 Å². The molecule has 1 aliphatic heterocycles. The van der Waals surface area contributed by atoms with Gasteiger partial charge in [0.15, 0.2) is 0 Å². The highest BCUT2D eigenvalue weighted by Gasteiger charge is 2.19. The minimum Gasteiger partial charge on any atom is -0.340 e. The number of carbonyl (C=O) groups excluding carboxylic acids is 1. The van der Waals surface area contributed by atoms with E-state index in [2.05, 4.69) is 43.4 Å². The summed E-state index contributed by atoms with van der Waals surface area (Å²) in [6, 6.07) is 8.66. The van der Waals surface area contributed by atoms with Crippen molar-refractivity contribution in [1.29, 1.82) is 0 Å². The maximum absolute atomic E-state index is 12.2. The van der Waals surface area contributed by atoms with E-state index in [-0.39, 0.29) is 5.91 Å². The molecule has 0 aliphatic carbocycles. The van der Waals surface area contributed by atoms with Crippen molar-refractivity contribution in [3.8, 4) is 0 Å². The molecule has 1 saturated heterocycles. The van der Waals surface area contributed by atoms with Gasteiger partial charge in [-0.1, -0.05) is 38.1 Å². The van der Waals surface area contributed by atoms with Gasteiger partial charge in [0.05, 0.1) is 0 Å². The van der Waals surface area contributed by atoms with Gasteiger partial charge in [0, 0.05) is 32.6 Å². The van der Waals surface area contributed by atoms with E-state index in [9.17, 15) is 4.79 Å². The van der Waals surface area contributed by atoms with E-state index < -0.39 is 0 Å². The Kier molecular flexibility index (Phi) is 4.97. The van der Waals surface area contributed by atoms with Gasteiger partial charge in [-0.25, -0.2) is 0 Å². The Labute approximate surface area is 116 Å². The van der Waals surface area contributed by atoms with E-state index in [1.165, 1.54) is 11.1 Å². The van der Waals surface area contributed by atoms with Gasteiger partial charge in [0.1, 0.15) is 0 Å². The van der Waals surface area contributed by atoms with Crippen molar-refractivity contribution in [2.45, 2.75) is 32.6 Å². The Balaban J connectivity index is 1.91. The van der Waals surface area contributed by atoms with Crippen molar-refractivity contribution in [3.05, 3.63) is 35.4 Å². The number of aryl methyl sites for hydroxylation is 1. The van der Waals surface area contributed by atoms with Crippen LogP contribution in [0.25, 0.3) is 0 Å². The number of nitrogens with zero attached hydrogens (tertiary/aromatic N) is 1. The lowest BCUT2D eigenvalue weighted by molar-refractivity contribution is -0.132. The zero-order valence-corrected chi connectivity index (χ0v) is 12.0. The van der Waals surface area contributed by atoms with E-state index in [1.54, 1.807) is 0 Å². The topological polar surface area (TPSA) is 32.3 Å². The molecule has 1 heterocycles. The third-order valence-electron chi connectivity index (χ3n) is 3.91. The number of nitrogens with one attached hydrogen (secondary N) is 1. The van der Waals surface area contributed by atoms with E-state index in [4.69, 9.17) is 0 Å². The fourth-order valence-electron chi connectivity index (χ4n) is 2.50.